The van der Waals surface area contributed by atoms with Gasteiger partial charge in [0.05, 0.1) is 14.2 Å². The monoisotopic (exact) mass is 411 g/mol. The highest BCUT2D eigenvalue weighted by atomic mass is 19.1. The number of para-hydroxylation sites is 1. The summed E-state index contributed by atoms with van der Waals surface area (Å²) in [6.07, 6.45) is 4.65. The average Bonchev–Trinajstić information content (AvgIpc) is 3.22. The van der Waals surface area contributed by atoms with Crippen LogP contribution < -0.4 is 14.8 Å². The van der Waals surface area contributed by atoms with E-state index in [9.17, 15) is 4.79 Å². The van der Waals surface area contributed by atoms with Crippen molar-refractivity contribution in [3.63, 3.8) is 0 Å². The predicted molar refractivity (Wildman–Crippen MR) is 113 cm³/mol. The number of fused-ring (bicyclic) bond motifs is 1. The molecule has 1 heterocycles. The molecule has 0 radical (unpaired) electrons. The van der Waals surface area contributed by atoms with Gasteiger partial charge in [-0.15, -0.1) is 0 Å². The van der Waals surface area contributed by atoms with Crippen LogP contribution >= 0.6 is 0 Å². The van der Waals surface area contributed by atoms with E-state index >= 15 is 4.39 Å². The number of hydrogen-bond donors (Lipinski definition) is 1. The molecule has 2 aromatic carbocycles. The Morgan fingerprint density at radius 1 is 1.07 bits per heavy atom. The number of furan rings is 1. The van der Waals surface area contributed by atoms with Crippen molar-refractivity contribution in [2.75, 3.05) is 20.8 Å². The predicted octanol–water partition coefficient (Wildman–Crippen LogP) is 5.22. The lowest BCUT2D eigenvalue weighted by Gasteiger charge is -2.38. The van der Waals surface area contributed by atoms with Gasteiger partial charge < -0.3 is 19.2 Å². The van der Waals surface area contributed by atoms with Crippen molar-refractivity contribution in [2.45, 2.75) is 37.5 Å². The Morgan fingerprint density at radius 2 is 1.77 bits per heavy atom. The Balaban J connectivity index is 1.62. The molecule has 1 amide bonds. The van der Waals surface area contributed by atoms with E-state index in [0.717, 1.165) is 37.5 Å². The quantitative estimate of drug-likeness (QED) is 0.604. The molecule has 5 nitrogen and oxygen atoms in total. The Bertz CT molecular complexity index is 1020. The molecule has 1 aliphatic rings. The Morgan fingerprint density at radius 3 is 2.47 bits per heavy atom. The first kappa shape index (κ1) is 20.3. The SMILES string of the molecule is COc1cc(F)c(C2(CNC(=O)c3cc4ccccc4o3)CCCCC2)cc1OC. The molecule has 0 aliphatic heterocycles. The molecule has 30 heavy (non-hydrogen) atoms. The van der Waals surface area contributed by atoms with Crippen molar-refractivity contribution in [3.05, 3.63) is 59.6 Å². The number of benzene rings is 2. The van der Waals surface area contributed by atoms with E-state index in [2.05, 4.69) is 5.32 Å². The fourth-order valence-corrected chi connectivity index (χ4v) is 4.46. The molecule has 1 aromatic heterocycles. The first-order chi connectivity index (χ1) is 14.6. The van der Waals surface area contributed by atoms with Gasteiger partial charge in [0.2, 0.25) is 0 Å². The van der Waals surface area contributed by atoms with E-state index in [4.69, 9.17) is 13.9 Å². The second-order valence-corrected chi connectivity index (χ2v) is 7.86. The zero-order chi connectivity index (χ0) is 21.1. The molecule has 3 aromatic rings. The summed E-state index contributed by atoms with van der Waals surface area (Å²) in [7, 11) is 3.03. The lowest BCUT2D eigenvalue weighted by molar-refractivity contribution is 0.0910. The summed E-state index contributed by atoms with van der Waals surface area (Å²) in [5, 5.41) is 3.87. The largest absolute Gasteiger partial charge is 0.493 e. The molecule has 158 valence electrons. The zero-order valence-corrected chi connectivity index (χ0v) is 17.3. The van der Waals surface area contributed by atoms with Crippen molar-refractivity contribution in [1.29, 1.82) is 0 Å². The molecule has 1 aliphatic carbocycles. The van der Waals surface area contributed by atoms with Crippen molar-refractivity contribution >= 4 is 16.9 Å². The molecule has 1 saturated carbocycles. The number of ether oxygens (including phenoxy) is 2. The third-order valence-corrected chi connectivity index (χ3v) is 6.09. The zero-order valence-electron chi connectivity index (χ0n) is 17.3. The number of amides is 1. The van der Waals surface area contributed by atoms with Gasteiger partial charge in [-0.25, -0.2) is 4.39 Å². The number of hydrogen-bond acceptors (Lipinski definition) is 4. The van der Waals surface area contributed by atoms with Crippen LogP contribution in [0, 0.1) is 5.82 Å². The maximum Gasteiger partial charge on any atom is 0.287 e. The first-order valence-electron chi connectivity index (χ1n) is 10.2. The third kappa shape index (κ3) is 3.74. The first-order valence-corrected chi connectivity index (χ1v) is 10.2. The van der Waals surface area contributed by atoms with E-state index < -0.39 is 5.41 Å². The van der Waals surface area contributed by atoms with E-state index in [1.807, 2.05) is 24.3 Å². The van der Waals surface area contributed by atoms with Crippen LogP contribution in [-0.2, 0) is 5.41 Å². The van der Waals surface area contributed by atoms with Crippen LogP contribution in [-0.4, -0.2) is 26.7 Å². The normalized spacial score (nSPS) is 15.7. The summed E-state index contributed by atoms with van der Waals surface area (Å²) in [5.41, 5.74) is 0.731. The van der Waals surface area contributed by atoms with Crippen LogP contribution in [0.5, 0.6) is 11.5 Å². The summed E-state index contributed by atoms with van der Waals surface area (Å²) < 4.78 is 31.4. The molecule has 1 N–H and O–H groups in total. The fraction of sp³-hybridized carbons (Fsp3) is 0.375. The van der Waals surface area contributed by atoms with Crippen LogP contribution in [0.2, 0.25) is 0 Å². The van der Waals surface area contributed by atoms with Gasteiger partial charge in [-0.1, -0.05) is 37.5 Å². The van der Waals surface area contributed by atoms with Gasteiger partial charge in [0.1, 0.15) is 11.4 Å². The minimum atomic E-state index is -0.496. The molecule has 0 spiro atoms. The Hall–Kier alpha value is -3.02. The van der Waals surface area contributed by atoms with Gasteiger partial charge in [-0.05, 0) is 36.6 Å². The fourth-order valence-electron chi connectivity index (χ4n) is 4.46. The molecule has 1 fully saturated rings. The van der Waals surface area contributed by atoms with E-state index in [1.54, 1.807) is 12.1 Å². The molecule has 0 unspecified atom stereocenters. The highest BCUT2D eigenvalue weighted by molar-refractivity contribution is 5.96. The van der Waals surface area contributed by atoms with Crippen molar-refractivity contribution in [1.82, 2.24) is 5.32 Å². The van der Waals surface area contributed by atoms with E-state index in [-0.39, 0.29) is 17.5 Å². The number of carbonyl (C=O) groups excluding carboxylic acids is 1. The molecular formula is C24H26FNO4. The van der Waals surface area contributed by atoms with Gasteiger partial charge in [-0.2, -0.15) is 0 Å². The lowest BCUT2D eigenvalue weighted by Crippen LogP contribution is -2.42. The summed E-state index contributed by atoms with van der Waals surface area (Å²) in [4.78, 5) is 12.8. The van der Waals surface area contributed by atoms with Crippen LogP contribution in [0.1, 0.15) is 48.2 Å². The van der Waals surface area contributed by atoms with Crippen LogP contribution in [0.4, 0.5) is 4.39 Å². The van der Waals surface area contributed by atoms with Gasteiger partial charge in [0.25, 0.3) is 5.91 Å². The summed E-state index contributed by atoms with van der Waals surface area (Å²) >= 11 is 0. The smallest absolute Gasteiger partial charge is 0.287 e. The molecule has 0 bridgehead atoms. The molecule has 6 heteroatoms. The Kier molecular flexibility index (Phi) is 5.66. The number of carbonyl (C=O) groups is 1. The standard InChI is InChI=1S/C24H26FNO4/c1-28-20-13-17(18(25)14-21(20)29-2)24(10-6-3-7-11-24)15-26-23(27)22-12-16-8-4-5-9-19(16)30-22/h4-5,8-9,12-14H,3,6-7,10-11,15H2,1-2H3,(H,26,27). The van der Waals surface area contributed by atoms with Gasteiger partial charge in [-0.3, -0.25) is 4.79 Å². The molecule has 0 atom stereocenters. The number of nitrogens with one attached hydrogen (secondary N) is 1. The van der Waals surface area contributed by atoms with Gasteiger partial charge in [0.15, 0.2) is 17.3 Å². The highest BCUT2D eigenvalue weighted by Gasteiger charge is 2.37. The number of methoxy groups -OCH3 is 2. The summed E-state index contributed by atoms with van der Waals surface area (Å²) in [6.45, 7) is 0.329. The second-order valence-electron chi connectivity index (χ2n) is 7.86. The number of rotatable bonds is 6. The minimum Gasteiger partial charge on any atom is -0.493 e. The molecular weight excluding hydrogens is 385 g/mol. The van der Waals surface area contributed by atoms with E-state index in [0.29, 0.717) is 29.2 Å². The molecule has 0 saturated heterocycles. The van der Waals surface area contributed by atoms with Crippen LogP contribution in [0.15, 0.2) is 46.9 Å². The summed E-state index contributed by atoms with van der Waals surface area (Å²) in [5.74, 6) is 0.470. The maximum atomic E-state index is 15.1. The van der Waals surface area contributed by atoms with Crippen molar-refractivity contribution in [2.24, 2.45) is 0 Å². The average molecular weight is 411 g/mol. The minimum absolute atomic E-state index is 0.259. The topological polar surface area (TPSA) is 60.7 Å². The van der Waals surface area contributed by atoms with Crippen LogP contribution in [0.25, 0.3) is 11.0 Å². The van der Waals surface area contributed by atoms with Crippen molar-refractivity contribution < 1.29 is 23.1 Å². The highest BCUT2D eigenvalue weighted by Crippen LogP contribution is 2.43. The van der Waals surface area contributed by atoms with Gasteiger partial charge >= 0.3 is 0 Å². The third-order valence-electron chi connectivity index (χ3n) is 6.09. The van der Waals surface area contributed by atoms with Gasteiger partial charge in [0, 0.05) is 23.4 Å². The number of halogens is 1. The molecule has 4 rings (SSSR count). The lowest BCUT2D eigenvalue weighted by atomic mass is 9.69. The maximum absolute atomic E-state index is 15.1. The van der Waals surface area contributed by atoms with E-state index in [1.165, 1.54) is 20.3 Å². The van der Waals surface area contributed by atoms with Crippen LogP contribution in [0.3, 0.4) is 0 Å². The summed E-state index contributed by atoms with van der Waals surface area (Å²) in [6, 6.07) is 12.3. The second kappa shape index (κ2) is 8.38. The Labute approximate surface area is 175 Å². The van der Waals surface area contributed by atoms with Crippen molar-refractivity contribution in [3.8, 4) is 11.5 Å².